The van der Waals surface area contributed by atoms with Gasteiger partial charge in [-0.05, 0) is 146 Å². The van der Waals surface area contributed by atoms with Gasteiger partial charge in [-0.3, -0.25) is 0 Å². The Hall–Kier alpha value is -7.62. The fraction of sp³-hybridized carbons (Fsp3) is 0.553. The van der Waals surface area contributed by atoms with Gasteiger partial charge in [-0.1, -0.05) is 166 Å². The summed E-state index contributed by atoms with van der Waals surface area (Å²) in [7, 11) is 0. The Balaban J connectivity index is 1.94. The third-order valence-corrected chi connectivity index (χ3v) is 15.8. The van der Waals surface area contributed by atoms with Crippen LogP contribution >= 0.6 is 0 Å². The number of esters is 6. The molecule has 504 valence electrons. The third-order valence-electron chi connectivity index (χ3n) is 15.8. The molecule has 0 spiro atoms. The summed E-state index contributed by atoms with van der Waals surface area (Å²) in [5, 5.41) is 0. The van der Waals surface area contributed by atoms with Crippen LogP contribution in [0.15, 0.2) is 72.8 Å². The van der Waals surface area contributed by atoms with Crippen molar-refractivity contribution in [2.24, 2.45) is 0 Å². The smallest absolute Gasteiger partial charge is 0.417 e. The van der Waals surface area contributed by atoms with Crippen molar-refractivity contribution in [3.8, 4) is 23.0 Å². The van der Waals surface area contributed by atoms with Crippen LogP contribution in [0.4, 0.5) is 0 Å². The SMILES string of the molecule is C=C(C)C(=O)OCCOc1c2cc(CCCCCC)cc1Cc1cc(CCCCCC)cc(c1OCCOC(=O)C(=O)OCC)Cc1cc(CCCCCC)cc(c1OCCOC(=O)C(=C)C)Cc1cc(CCCCCC)cc(c1OCCOC(=O)C(=O)OCC)C2. The second kappa shape index (κ2) is 41.8. The van der Waals surface area contributed by atoms with Crippen molar-refractivity contribution in [3.05, 3.63) is 140 Å². The van der Waals surface area contributed by atoms with Gasteiger partial charge in [-0.25, -0.2) is 28.8 Å². The molecule has 0 saturated carbocycles. The molecule has 4 aromatic rings. The summed E-state index contributed by atoms with van der Waals surface area (Å²) >= 11 is 0. The Bertz CT molecular complexity index is 2760. The van der Waals surface area contributed by atoms with Gasteiger partial charge in [0.05, 0.1) is 13.2 Å². The first-order valence-electron chi connectivity index (χ1n) is 34.0. The van der Waals surface area contributed by atoms with Gasteiger partial charge in [0.25, 0.3) is 0 Å². The largest absolute Gasteiger partial charge is 0.489 e. The molecule has 16 nitrogen and oxygen atoms in total. The van der Waals surface area contributed by atoms with E-state index in [4.69, 9.17) is 47.4 Å². The summed E-state index contributed by atoms with van der Waals surface area (Å²) in [4.78, 5) is 76.3. The normalized spacial score (nSPS) is 11.7. The first kappa shape index (κ1) is 75.1. The number of aryl methyl sites for hydroxylation is 4. The van der Waals surface area contributed by atoms with Crippen LogP contribution in [-0.4, -0.2) is 102 Å². The standard InChI is InChI=1S/C76H104O16/c1-11-17-21-25-29-55-41-59-49-63-45-57(31-27-23-19-13-3)47-65(69(63)87-35-39-91-75(81)73(79)83-15-5)51-61-43-56(30-26-22-18-12-2)44-62(68(61)86-34-38-90-72(78)54(9)10)52-66-48-58(32-28-24-20-14-4)46-64(70(66)88-36-40-92-76(82)74(80)84-16-6)50-60(42-55)67(59)85-33-37-89-71(77)53(7)8/h41-48H,7,9,11-40,49-52H2,1-6,8,10H3. The van der Waals surface area contributed by atoms with E-state index in [1.165, 1.54) is 0 Å². The predicted octanol–water partition coefficient (Wildman–Crippen LogP) is 14.8. The van der Waals surface area contributed by atoms with Gasteiger partial charge < -0.3 is 47.4 Å². The lowest BCUT2D eigenvalue weighted by Crippen LogP contribution is -2.23. The van der Waals surface area contributed by atoms with Crippen molar-refractivity contribution < 1.29 is 76.1 Å². The van der Waals surface area contributed by atoms with Gasteiger partial charge in [-0.2, -0.15) is 0 Å². The maximum absolute atomic E-state index is 12.8. The van der Waals surface area contributed by atoms with Gasteiger partial charge in [0.15, 0.2) is 0 Å². The lowest BCUT2D eigenvalue weighted by molar-refractivity contribution is -0.167. The molecular formula is C76H104O16. The maximum atomic E-state index is 12.8. The number of carbonyl (C=O) groups is 6. The molecule has 16 heteroatoms. The second-order valence-corrected chi connectivity index (χ2v) is 23.9. The number of hydrogen-bond acceptors (Lipinski definition) is 16. The highest BCUT2D eigenvalue weighted by molar-refractivity contribution is 6.30. The van der Waals surface area contributed by atoms with Crippen molar-refractivity contribution in [2.75, 3.05) is 66.1 Å². The second-order valence-electron chi connectivity index (χ2n) is 23.9. The molecule has 0 N–H and O–H groups in total. The molecule has 5 rings (SSSR count). The minimum Gasteiger partial charge on any atom is -0.489 e. The molecule has 1 aliphatic carbocycles. The van der Waals surface area contributed by atoms with E-state index < -0.39 is 35.8 Å². The molecule has 0 heterocycles. The highest BCUT2D eigenvalue weighted by atomic mass is 16.6. The van der Waals surface area contributed by atoms with Crippen LogP contribution in [0.2, 0.25) is 0 Å². The van der Waals surface area contributed by atoms with Crippen LogP contribution in [-0.2, 0) is 109 Å². The summed E-state index contributed by atoms with van der Waals surface area (Å²) in [6.45, 7) is 22.1. The summed E-state index contributed by atoms with van der Waals surface area (Å²) in [5.74, 6) is -3.08. The van der Waals surface area contributed by atoms with E-state index in [9.17, 15) is 28.8 Å². The number of ether oxygens (including phenoxy) is 10. The Labute approximate surface area is 547 Å². The lowest BCUT2D eigenvalue weighted by atomic mass is 9.87. The van der Waals surface area contributed by atoms with E-state index in [1.54, 1.807) is 27.7 Å². The Morgan fingerprint density at radius 1 is 0.293 bits per heavy atom. The van der Waals surface area contributed by atoms with Gasteiger partial charge in [0, 0.05) is 36.8 Å². The minimum atomic E-state index is -1.11. The fourth-order valence-corrected chi connectivity index (χ4v) is 11.4. The molecule has 0 atom stereocenters. The summed E-state index contributed by atoms with van der Waals surface area (Å²) in [6, 6.07) is 17.7. The van der Waals surface area contributed by atoms with Crippen molar-refractivity contribution in [1.82, 2.24) is 0 Å². The van der Waals surface area contributed by atoms with E-state index >= 15 is 0 Å². The van der Waals surface area contributed by atoms with E-state index in [-0.39, 0.29) is 77.2 Å². The van der Waals surface area contributed by atoms with Gasteiger partial charge in [0.2, 0.25) is 0 Å². The van der Waals surface area contributed by atoms with Gasteiger partial charge >= 0.3 is 35.8 Å². The molecule has 0 aromatic heterocycles. The number of rotatable bonds is 40. The van der Waals surface area contributed by atoms with Crippen molar-refractivity contribution in [3.63, 3.8) is 0 Å². The van der Waals surface area contributed by atoms with Crippen LogP contribution in [0.5, 0.6) is 23.0 Å². The zero-order valence-corrected chi connectivity index (χ0v) is 56.6. The lowest BCUT2D eigenvalue weighted by Gasteiger charge is -2.25. The average molecular weight is 1270 g/mol. The zero-order valence-electron chi connectivity index (χ0n) is 56.6. The Morgan fingerprint density at radius 2 is 0.500 bits per heavy atom. The quantitative estimate of drug-likeness (QED) is 0.0118. The summed E-state index contributed by atoms with van der Waals surface area (Å²) in [5.41, 5.74) is 11.9. The summed E-state index contributed by atoms with van der Waals surface area (Å²) in [6.07, 6.45) is 21.1. The highest BCUT2D eigenvalue weighted by Gasteiger charge is 2.27. The number of hydrogen-bond donors (Lipinski definition) is 0. The number of benzene rings is 4. The number of unbranched alkanes of at least 4 members (excludes halogenated alkanes) is 12. The van der Waals surface area contributed by atoms with Crippen LogP contribution in [0.3, 0.4) is 0 Å². The highest BCUT2D eigenvalue weighted by Crippen LogP contribution is 2.42. The molecule has 0 aliphatic heterocycles. The first-order valence-corrected chi connectivity index (χ1v) is 34.0. The Morgan fingerprint density at radius 3 is 0.696 bits per heavy atom. The predicted molar refractivity (Wildman–Crippen MR) is 357 cm³/mol. The first-order chi connectivity index (χ1) is 44.5. The van der Waals surface area contributed by atoms with E-state index in [2.05, 4.69) is 89.4 Å². The van der Waals surface area contributed by atoms with E-state index in [0.717, 1.165) is 195 Å². The molecule has 4 aromatic carbocycles. The Kier molecular flexibility index (Phi) is 34.1. The maximum Gasteiger partial charge on any atom is 0.417 e. The topological polar surface area (TPSA) is 195 Å². The molecule has 0 saturated heterocycles. The van der Waals surface area contributed by atoms with Gasteiger partial charge in [0.1, 0.15) is 75.9 Å². The van der Waals surface area contributed by atoms with Crippen LogP contribution in [0.1, 0.15) is 225 Å². The molecule has 0 amide bonds. The zero-order chi connectivity index (χ0) is 66.6. The third kappa shape index (κ3) is 25.5. The van der Waals surface area contributed by atoms with Crippen molar-refractivity contribution >= 4 is 35.8 Å². The van der Waals surface area contributed by atoms with Crippen LogP contribution in [0.25, 0.3) is 0 Å². The van der Waals surface area contributed by atoms with Crippen molar-refractivity contribution in [2.45, 2.75) is 209 Å². The fourth-order valence-electron chi connectivity index (χ4n) is 11.4. The molecule has 0 radical (unpaired) electrons. The minimum absolute atomic E-state index is 0.0152. The van der Waals surface area contributed by atoms with Crippen LogP contribution < -0.4 is 18.9 Å². The molecular weight excluding hydrogens is 1170 g/mol. The molecule has 0 unspecified atom stereocenters. The molecule has 1 aliphatic rings. The monoisotopic (exact) mass is 1270 g/mol. The molecule has 8 bridgehead atoms. The number of carbonyl (C=O) groups excluding carboxylic acids is 6. The van der Waals surface area contributed by atoms with Crippen LogP contribution in [0, 0.1) is 0 Å². The van der Waals surface area contributed by atoms with E-state index in [0.29, 0.717) is 48.7 Å². The van der Waals surface area contributed by atoms with Crippen molar-refractivity contribution in [1.29, 1.82) is 0 Å². The molecule has 0 fully saturated rings. The van der Waals surface area contributed by atoms with Gasteiger partial charge in [-0.15, -0.1) is 0 Å². The van der Waals surface area contributed by atoms with E-state index in [1.807, 2.05) is 0 Å². The number of fused-ring (bicyclic) bond motifs is 8. The summed E-state index contributed by atoms with van der Waals surface area (Å²) < 4.78 is 60.0. The average Bonchev–Trinajstić information content (AvgIpc) is 0.791. The molecule has 92 heavy (non-hydrogen) atoms.